The van der Waals surface area contributed by atoms with Crippen molar-refractivity contribution in [1.29, 1.82) is 0 Å². The van der Waals surface area contributed by atoms with Crippen LogP contribution in [0.4, 0.5) is 4.39 Å². The molecule has 0 saturated heterocycles. The van der Waals surface area contributed by atoms with Crippen LogP contribution in [0.3, 0.4) is 0 Å². The van der Waals surface area contributed by atoms with Gasteiger partial charge in [-0.25, -0.2) is 4.39 Å². The number of rotatable bonds is 10. The van der Waals surface area contributed by atoms with E-state index in [-0.39, 0.29) is 36.1 Å². The predicted octanol–water partition coefficient (Wildman–Crippen LogP) is 4.97. The summed E-state index contributed by atoms with van der Waals surface area (Å²) in [5.41, 5.74) is 1.62. The third-order valence-corrected chi connectivity index (χ3v) is 6.66. The first-order valence-electron chi connectivity index (χ1n) is 11.0. The van der Waals surface area contributed by atoms with Crippen molar-refractivity contribution in [3.63, 3.8) is 0 Å². The highest BCUT2D eigenvalue weighted by Crippen LogP contribution is 2.21. The standard InChI is InChI=1S/C27H24FNO6S/c1-33-23-10-4-20(5-11-23)17-27(30)29(19-25-3-2-16-34-25)18-21-6-12-24(13-7-21)35-36(31,32)26-14-8-22(28)9-15-26/h2-16H,17-19H2,1H3. The van der Waals surface area contributed by atoms with Gasteiger partial charge in [0.15, 0.2) is 0 Å². The van der Waals surface area contributed by atoms with Crippen molar-refractivity contribution in [3.8, 4) is 11.5 Å². The molecule has 0 radical (unpaired) electrons. The van der Waals surface area contributed by atoms with Crippen molar-refractivity contribution in [2.75, 3.05) is 7.11 Å². The number of nitrogens with zero attached hydrogens (tertiary/aromatic N) is 1. The average molecular weight is 510 g/mol. The lowest BCUT2D eigenvalue weighted by Crippen LogP contribution is -2.31. The molecule has 0 unspecified atom stereocenters. The lowest BCUT2D eigenvalue weighted by Gasteiger charge is -2.22. The Hall–Kier alpha value is -4.11. The molecule has 36 heavy (non-hydrogen) atoms. The summed E-state index contributed by atoms with van der Waals surface area (Å²) >= 11 is 0. The molecule has 0 aliphatic heterocycles. The van der Waals surface area contributed by atoms with Crippen LogP contribution in [0.2, 0.25) is 0 Å². The van der Waals surface area contributed by atoms with Gasteiger partial charge in [0.25, 0.3) is 0 Å². The fraction of sp³-hybridized carbons (Fsp3) is 0.148. The highest BCUT2D eigenvalue weighted by molar-refractivity contribution is 7.87. The average Bonchev–Trinajstić information content (AvgIpc) is 3.38. The second kappa shape index (κ2) is 11.1. The summed E-state index contributed by atoms with van der Waals surface area (Å²) in [7, 11) is -2.52. The minimum absolute atomic E-state index is 0.101. The fourth-order valence-electron chi connectivity index (χ4n) is 3.50. The Balaban J connectivity index is 1.46. The number of carbonyl (C=O) groups excluding carboxylic acids is 1. The van der Waals surface area contributed by atoms with Gasteiger partial charge >= 0.3 is 10.1 Å². The molecule has 0 aliphatic rings. The van der Waals surface area contributed by atoms with Crippen LogP contribution in [-0.2, 0) is 34.4 Å². The molecule has 4 aromatic rings. The van der Waals surface area contributed by atoms with Crippen LogP contribution < -0.4 is 8.92 Å². The monoisotopic (exact) mass is 509 g/mol. The second-order valence-electron chi connectivity index (χ2n) is 7.99. The molecular formula is C27H24FNO6S. The summed E-state index contributed by atoms with van der Waals surface area (Å²) in [6.07, 6.45) is 1.75. The van der Waals surface area contributed by atoms with E-state index in [2.05, 4.69) is 0 Å². The molecule has 0 N–H and O–H groups in total. The summed E-state index contributed by atoms with van der Waals surface area (Å²) in [6, 6.07) is 21.6. The smallest absolute Gasteiger partial charge is 0.339 e. The number of benzene rings is 3. The van der Waals surface area contributed by atoms with Crippen LogP contribution >= 0.6 is 0 Å². The fourth-order valence-corrected chi connectivity index (χ4v) is 4.43. The Bertz CT molecular complexity index is 1380. The van der Waals surface area contributed by atoms with E-state index in [4.69, 9.17) is 13.3 Å². The van der Waals surface area contributed by atoms with Crippen molar-refractivity contribution in [3.05, 3.63) is 114 Å². The molecule has 186 valence electrons. The van der Waals surface area contributed by atoms with Crippen LogP contribution in [0.25, 0.3) is 0 Å². The normalized spacial score (nSPS) is 11.2. The summed E-state index contributed by atoms with van der Waals surface area (Å²) in [5.74, 6) is 0.811. The molecule has 7 nitrogen and oxygen atoms in total. The first-order valence-corrected chi connectivity index (χ1v) is 12.5. The van der Waals surface area contributed by atoms with Gasteiger partial charge in [-0.05, 0) is 71.8 Å². The Morgan fingerprint density at radius 1 is 0.861 bits per heavy atom. The minimum atomic E-state index is -4.11. The van der Waals surface area contributed by atoms with Crippen LogP contribution in [0.15, 0.2) is 101 Å². The van der Waals surface area contributed by atoms with Crippen LogP contribution in [-0.4, -0.2) is 26.3 Å². The molecule has 0 bridgehead atoms. The molecule has 0 aliphatic carbocycles. The van der Waals surface area contributed by atoms with Crippen molar-refractivity contribution in [1.82, 2.24) is 4.90 Å². The van der Waals surface area contributed by atoms with E-state index in [1.165, 1.54) is 12.1 Å². The van der Waals surface area contributed by atoms with Gasteiger partial charge in [0.1, 0.15) is 28.0 Å². The Labute approximate surface area is 208 Å². The predicted molar refractivity (Wildman–Crippen MR) is 130 cm³/mol. The van der Waals surface area contributed by atoms with Crippen molar-refractivity contribution < 1.29 is 30.9 Å². The maximum absolute atomic E-state index is 13.2. The highest BCUT2D eigenvalue weighted by Gasteiger charge is 2.19. The summed E-state index contributed by atoms with van der Waals surface area (Å²) in [5, 5.41) is 0. The summed E-state index contributed by atoms with van der Waals surface area (Å²) in [4.78, 5) is 14.7. The maximum Gasteiger partial charge on any atom is 0.339 e. The van der Waals surface area contributed by atoms with Crippen LogP contribution in [0.5, 0.6) is 11.5 Å². The molecule has 3 aromatic carbocycles. The zero-order valence-electron chi connectivity index (χ0n) is 19.5. The van der Waals surface area contributed by atoms with E-state index >= 15 is 0 Å². The molecule has 0 saturated carbocycles. The quantitative estimate of drug-likeness (QED) is 0.281. The Kier molecular flexibility index (Phi) is 7.70. The molecule has 1 aromatic heterocycles. The van der Waals surface area contributed by atoms with E-state index in [0.29, 0.717) is 11.5 Å². The zero-order chi connectivity index (χ0) is 25.5. The highest BCUT2D eigenvalue weighted by atomic mass is 32.2. The van der Waals surface area contributed by atoms with Crippen molar-refractivity contribution >= 4 is 16.0 Å². The van der Waals surface area contributed by atoms with Gasteiger partial charge in [0.05, 0.1) is 26.3 Å². The molecule has 9 heteroatoms. The van der Waals surface area contributed by atoms with E-state index in [1.54, 1.807) is 54.7 Å². The molecule has 4 rings (SSSR count). The first-order chi connectivity index (χ1) is 17.3. The largest absolute Gasteiger partial charge is 0.497 e. The summed E-state index contributed by atoms with van der Waals surface area (Å²) < 4.78 is 53.8. The van der Waals surface area contributed by atoms with Gasteiger partial charge in [0.2, 0.25) is 5.91 Å². The number of amides is 1. The van der Waals surface area contributed by atoms with Gasteiger partial charge in [-0.3, -0.25) is 4.79 Å². The van der Waals surface area contributed by atoms with Gasteiger partial charge < -0.3 is 18.2 Å². The number of hydrogen-bond acceptors (Lipinski definition) is 6. The molecule has 0 fully saturated rings. The lowest BCUT2D eigenvalue weighted by atomic mass is 10.1. The molecular weight excluding hydrogens is 485 g/mol. The number of methoxy groups -OCH3 is 1. The van der Waals surface area contributed by atoms with E-state index in [9.17, 15) is 17.6 Å². The minimum Gasteiger partial charge on any atom is -0.497 e. The van der Waals surface area contributed by atoms with E-state index in [1.807, 2.05) is 12.1 Å². The topological polar surface area (TPSA) is 86.0 Å². The number of ether oxygens (including phenoxy) is 1. The van der Waals surface area contributed by atoms with Crippen LogP contribution in [0, 0.1) is 5.82 Å². The van der Waals surface area contributed by atoms with E-state index < -0.39 is 15.9 Å². The number of halogens is 1. The SMILES string of the molecule is COc1ccc(CC(=O)N(Cc2ccc(OS(=O)(=O)c3ccc(F)cc3)cc2)Cc2ccco2)cc1. The van der Waals surface area contributed by atoms with E-state index in [0.717, 1.165) is 35.4 Å². The lowest BCUT2D eigenvalue weighted by molar-refractivity contribution is -0.132. The van der Waals surface area contributed by atoms with Crippen LogP contribution in [0.1, 0.15) is 16.9 Å². The Morgan fingerprint density at radius 3 is 2.11 bits per heavy atom. The molecule has 0 spiro atoms. The third-order valence-electron chi connectivity index (χ3n) is 5.40. The second-order valence-corrected chi connectivity index (χ2v) is 9.54. The van der Waals surface area contributed by atoms with Crippen molar-refractivity contribution in [2.45, 2.75) is 24.4 Å². The van der Waals surface area contributed by atoms with Gasteiger partial charge in [-0.2, -0.15) is 8.42 Å². The number of furan rings is 1. The molecule has 0 atom stereocenters. The molecule has 1 heterocycles. The zero-order valence-corrected chi connectivity index (χ0v) is 20.3. The first kappa shape index (κ1) is 25.0. The van der Waals surface area contributed by atoms with Crippen molar-refractivity contribution in [2.24, 2.45) is 0 Å². The Morgan fingerprint density at radius 2 is 1.50 bits per heavy atom. The maximum atomic E-state index is 13.2. The van der Waals surface area contributed by atoms with Gasteiger partial charge in [-0.15, -0.1) is 0 Å². The third kappa shape index (κ3) is 6.51. The number of hydrogen-bond donors (Lipinski definition) is 0. The summed E-state index contributed by atoms with van der Waals surface area (Å²) in [6.45, 7) is 0.555. The molecule has 1 amide bonds. The number of carbonyl (C=O) groups is 1. The van der Waals surface area contributed by atoms with Gasteiger partial charge in [-0.1, -0.05) is 24.3 Å². The van der Waals surface area contributed by atoms with Gasteiger partial charge in [0, 0.05) is 6.54 Å².